The number of rotatable bonds is 3. The van der Waals surface area contributed by atoms with Crippen molar-refractivity contribution >= 4 is 5.69 Å². The summed E-state index contributed by atoms with van der Waals surface area (Å²) in [7, 11) is 1.58. The van der Waals surface area contributed by atoms with Crippen molar-refractivity contribution < 1.29 is 14.0 Å². The van der Waals surface area contributed by atoms with Gasteiger partial charge in [0.1, 0.15) is 5.75 Å². The number of ether oxygens (including phenoxy) is 2. The molecule has 0 amide bonds. The highest BCUT2D eigenvalue weighted by Crippen LogP contribution is 2.30. The minimum Gasteiger partial charge on any atom is -0.495 e. The Morgan fingerprint density at radius 3 is 2.80 bits per heavy atom. The zero-order valence-electron chi connectivity index (χ0n) is 11.3. The minimum atomic E-state index is 0.317. The molecule has 1 aromatic heterocycles. The van der Waals surface area contributed by atoms with Gasteiger partial charge in [0.2, 0.25) is 0 Å². The first-order valence-corrected chi connectivity index (χ1v) is 6.63. The van der Waals surface area contributed by atoms with Crippen LogP contribution in [0.4, 0.5) is 5.69 Å². The fraction of sp³-hybridized carbons (Fsp3) is 0.429. The summed E-state index contributed by atoms with van der Waals surface area (Å²) in [6.07, 6.45) is 1.87. The van der Waals surface area contributed by atoms with Crippen LogP contribution in [0.3, 0.4) is 0 Å². The van der Waals surface area contributed by atoms with Gasteiger partial charge in [0.25, 0.3) is 5.89 Å². The molecule has 1 fully saturated rings. The van der Waals surface area contributed by atoms with Crippen molar-refractivity contribution in [3.8, 4) is 17.2 Å². The third kappa shape index (κ3) is 2.46. The van der Waals surface area contributed by atoms with Gasteiger partial charge >= 0.3 is 0 Å². The molecule has 0 aliphatic carbocycles. The van der Waals surface area contributed by atoms with Crippen LogP contribution in [0.25, 0.3) is 11.5 Å². The topological polar surface area (TPSA) is 83.4 Å². The third-order valence-corrected chi connectivity index (χ3v) is 3.50. The fourth-order valence-electron chi connectivity index (χ4n) is 2.34. The number of hydrogen-bond acceptors (Lipinski definition) is 6. The van der Waals surface area contributed by atoms with Gasteiger partial charge < -0.3 is 19.7 Å². The quantitative estimate of drug-likeness (QED) is 0.865. The lowest BCUT2D eigenvalue weighted by molar-refractivity contribution is 0.0830. The molecule has 0 bridgehead atoms. The lowest BCUT2D eigenvalue weighted by Gasteiger charge is -2.18. The number of hydrogen-bond donors (Lipinski definition) is 1. The zero-order chi connectivity index (χ0) is 13.9. The molecule has 6 nitrogen and oxygen atoms in total. The Morgan fingerprint density at radius 2 is 2.10 bits per heavy atom. The van der Waals surface area contributed by atoms with E-state index >= 15 is 0 Å². The maximum absolute atomic E-state index is 5.89. The molecule has 3 rings (SSSR count). The molecule has 0 unspecified atom stereocenters. The van der Waals surface area contributed by atoms with Crippen LogP contribution in [0, 0.1) is 0 Å². The molecule has 20 heavy (non-hydrogen) atoms. The van der Waals surface area contributed by atoms with E-state index in [4.69, 9.17) is 19.7 Å². The average molecular weight is 275 g/mol. The van der Waals surface area contributed by atoms with Crippen molar-refractivity contribution in [2.75, 3.05) is 26.1 Å². The Bertz CT molecular complexity index is 591. The lowest BCUT2D eigenvalue weighted by Crippen LogP contribution is -2.15. The van der Waals surface area contributed by atoms with Crippen LogP contribution in [0.5, 0.6) is 5.75 Å². The summed E-state index contributed by atoms with van der Waals surface area (Å²) in [5.41, 5.74) is 7.24. The Labute approximate surface area is 116 Å². The highest BCUT2D eigenvalue weighted by Gasteiger charge is 2.21. The number of nitrogen functional groups attached to an aromatic ring is 1. The largest absolute Gasteiger partial charge is 0.495 e. The van der Waals surface area contributed by atoms with Gasteiger partial charge in [0.15, 0.2) is 5.82 Å². The molecular weight excluding hydrogens is 258 g/mol. The molecule has 0 atom stereocenters. The Morgan fingerprint density at radius 1 is 1.30 bits per heavy atom. The van der Waals surface area contributed by atoms with Gasteiger partial charge in [-0.1, -0.05) is 5.16 Å². The van der Waals surface area contributed by atoms with Crippen LogP contribution in [-0.2, 0) is 4.74 Å². The number of anilines is 1. The van der Waals surface area contributed by atoms with E-state index in [1.54, 1.807) is 19.2 Å². The van der Waals surface area contributed by atoms with E-state index in [0.29, 0.717) is 23.2 Å². The van der Waals surface area contributed by atoms with Gasteiger partial charge in [0.05, 0.1) is 12.8 Å². The maximum atomic E-state index is 5.89. The summed E-state index contributed by atoms with van der Waals surface area (Å²) in [5, 5.41) is 4.07. The van der Waals surface area contributed by atoms with Gasteiger partial charge in [0, 0.05) is 24.7 Å². The molecule has 1 aromatic carbocycles. The smallest absolute Gasteiger partial charge is 0.258 e. The zero-order valence-corrected chi connectivity index (χ0v) is 11.3. The molecule has 1 aliphatic rings. The van der Waals surface area contributed by atoms with Crippen LogP contribution in [0.1, 0.15) is 24.6 Å². The molecule has 0 spiro atoms. The molecule has 0 radical (unpaired) electrons. The standard InChI is InChI=1S/C14H17N3O3/c1-18-12-3-2-10(8-11(12)15)14-16-13(17-20-14)9-4-6-19-7-5-9/h2-3,8-9H,4-7,15H2,1H3. The van der Waals surface area contributed by atoms with Gasteiger partial charge in [-0.2, -0.15) is 4.98 Å². The summed E-state index contributed by atoms with van der Waals surface area (Å²) in [6, 6.07) is 5.43. The fourth-order valence-corrected chi connectivity index (χ4v) is 2.34. The number of benzene rings is 1. The molecule has 106 valence electrons. The van der Waals surface area contributed by atoms with Crippen molar-refractivity contribution in [2.45, 2.75) is 18.8 Å². The second-order valence-corrected chi connectivity index (χ2v) is 4.80. The van der Waals surface area contributed by atoms with E-state index in [-0.39, 0.29) is 0 Å². The number of nitrogens with zero attached hydrogens (tertiary/aromatic N) is 2. The van der Waals surface area contributed by atoms with Gasteiger partial charge in [-0.3, -0.25) is 0 Å². The maximum Gasteiger partial charge on any atom is 0.258 e. The summed E-state index contributed by atoms with van der Waals surface area (Å²) in [4.78, 5) is 4.47. The van der Waals surface area contributed by atoms with E-state index in [1.807, 2.05) is 6.07 Å². The highest BCUT2D eigenvalue weighted by molar-refractivity contribution is 5.65. The highest BCUT2D eigenvalue weighted by atomic mass is 16.5. The second kappa shape index (κ2) is 5.50. The van der Waals surface area contributed by atoms with E-state index in [1.165, 1.54) is 0 Å². The van der Waals surface area contributed by atoms with Crippen molar-refractivity contribution in [2.24, 2.45) is 0 Å². The average Bonchev–Trinajstić information content (AvgIpc) is 2.98. The van der Waals surface area contributed by atoms with Crippen LogP contribution in [0.15, 0.2) is 22.7 Å². The molecule has 6 heteroatoms. The van der Waals surface area contributed by atoms with Gasteiger partial charge in [-0.25, -0.2) is 0 Å². The van der Waals surface area contributed by atoms with Crippen LogP contribution in [0.2, 0.25) is 0 Å². The van der Waals surface area contributed by atoms with Crippen LogP contribution < -0.4 is 10.5 Å². The molecule has 1 saturated heterocycles. The number of methoxy groups -OCH3 is 1. The Kier molecular flexibility index (Phi) is 3.56. The summed E-state index contributed by atoms with van der Waals surface area (Å²) >= 11 is 0. The predicted molar refractivity (Wildman–Crippen MR) is 73.5 cm³/mol. The van der Waals surface area contributed by atoms with E-state index in [2.05, 4.69) is 10.1 Å². The van der Waals surface area contributed by atoms with E-state index in [0.717, 1.165) is 37.4 Å². The van der Waals surface area contributed by atoms with Gasteiger partial charge in [-0.15, -0.1) is 0 Å². The predicted octanol–water partition coefficient (Wildman–Crippen LogP) is 2.22. The SMILES string of the molecule is COc1ccc(-c2nc(C3CCOCC3)no2)cc1N. The Hall–Kier alpha value is -2.08. The minimum absolute atomic E-state index is 0.317. The first-order valence-electron chi connectivity index (χ1n) is 6.63. The molecule has 2 N–H and O–H groups in total. The van der Waals surface area contributed by atoms with Crippen molar-refractivity contribution in [1.82, 2.24) is 10.1 Å². The third-order valence-electron chi connectivity index (χ3n) is 3.50. The van der Waals surface area contributed by atoms with Crippen molar-refractivity contribution in [1.29, 1.82) is 0 Å². The monoisotopic (exact) mass is 275 g/mol. The molecule has 1 aliphatic heterocycles. The molecule has 2 heterocycles. The molecular formula is C14H17N3O3. The first-order chi connectivity index (χ1) is 9.78. The summed E-state index contributed by atoms with van der Waals surface area (Å²) in [6.45, 7) is 1.51. The normalized spacial score (nSPS) is 16.2. The number of nitrogens with two attached hydrogens (primary N) is 1. The van der Waals surface area contributed by atoms with Gasteiger partial charge in [-0.05, 0) is 31.0 Å². The van der Waals surface area contributed by atoms with E-state index in [9.17, 15) is 0 Å². The first kappa shape index (κ1) is 12.9. The molecule has 0 saturated carbocycles. The van der Waals surface area contributed by atoms with Crippen molar-refractivity contribution in [3.05, 3.63) is 24.0 Å². The number of aromatic nitrogens is 2. The lowest BCUT2D eigenvalue weighted by atomic mass is 10.00. The van der Waals surface area contributed by atoms with Crippen molar-refractivity contribution in [3.63, 3.8) is 0 Å². The molecule has 2 aromatic rings. The van der Waals surface area contributed by atoms with Crippen LogP contribution in [-0.4, -0.2) is 30.5 Å². The summed E-state index contributed by atoms with van der Waals surface area (Å²) in [5.74, 6) is 2.19. The van der Waals surface area contributed by atoms with E-state index < -0.39 is 0 Å². The van der Waals surface area contributed by atoms with Crippen LogP contribution >= 0.6 is 0 Å². The Balaban J connectivity index is 1.84. The summed E-state index contributed by atoms with van der Waals surface area (Å²) < 4.78 is 15.8. The second-order valence-electron chi connectivity index (χ2n) is 4.80.